The van der Waals surface area contributed by atoms with E-state index in [1.165, 1.54) is 25.7 Å². The summed E-state index contributed by atoms with van der Waals surface area (Å²) in [5.74, 6) is 0. The van der Waals surface area contributed by atoms with Gasteiger partial charge >= 0.3 is 103 Å². The molecule has 0 saturated carbocycles. The molecule has 0 unspecified atom stereocenters. The van der Waals surface area contributed by atoms with Crippen LogP contribution < -0.4 is 0 Å². The van der Waals surface area contributed by atoms with Crippen LogP contribution in [0.5, 0.6) is 0 Å². The van der Waals surface area contributed by atoms with Gasteiger partial charge in [0.2, 0.25) is 0 Å². The average Bonchev–Trinajstić information content (AvgIpc) is 2.18. The van der Waals surface area contributed by atoms with Gasteiger partial charge in [0.15, 0.2) is 0 Å². The van der Waals surface area contributed by atoms with Crippen LogP contribution in [-0.4, -0.2) is 48.9 Å². The van der Waals surface area contributed by atoms with Crippen LogP contribution in [0, 0.1) is 0 Å². The normalized spacial score (nSPS) is 26.5. The maximum absolute atomic E-state index is 2.42. The summed E-state index contributed by atoms with van der Waals surface area (Å²) in [7, 11) is 0. The maximum atomic E-state index is 2.42. The SMILES string of the molecule is C1=C\[Se][Se][Se][Se]CCCCC/C=C/1. The summed E-state index contributed by atoms with van der Waals surface area (Å²) in [4.78, 5) is 2.42. The van der Waals surface area contributed by atoms with Gasteiger partial charge in [-0.3, -0.25) is 0 Å². The summed E-state index contributed by atoms with van der Waals surface area (Å²) in [6.07, 6.45) is 12.5. The molecule has 0 aliphatic carbocycles. The molecule has 74 valence electrons. The van der Waals surface area contributed by atoms with Crippen molar-refractivity contribution in [2.75, 3.05) is 0 Å². The van der Waals surface area contributed by atoms with E-state index < -0.39 is 0 Å². The van der Waals surface area contributed by atoms with Crippen molar-refractivity contribution in [3.05, 3.63) is 23.2 Å². The molecule has 0 radical (unpaired) electrons. The zero-order valence-electron chi connectivity index (χ0n) is 7.48. The fourth-order valence-electron chi connectivity index (χ4n) is 0.945. The molecule has 0 N–H and O–H groups in total. The molecule has 0 aromatic carbocycles. The molecular weight excluding hydrogens is 424 g/mol. The topological polar surface area (TPSA) is 0 Å². The molecule has 0 atom stereocenters. The van der Waals surface area contributed by atoms with Gasteiger partial charge in [-0.15, -0.1) is 0 Å². The van der Waals surface area contributed by atoms with Crippen LogP contribution in [0.1, 0.15) is 25.7 Å². The van der Waals surface area contributed by atoms with Crippen molar-refractivity contribution in [3.8, 4) is 0 Å². The Morgan fingerprint density at radius 3 is 2.92 bits per heavy atom. The molecule has 0 amide bonds. The summed E-state index contributed by atoms with van der Waals surface area (Å²) in [6.45, 7) is 0. The third kappa shape index (κ3) is 8.55. The molecule has 0 spiro atoms. The van der Waals surface area contributed by atoms with Crippen molar-refractivity contribution < 1.29 is 0 Å². The first-order chi connectivity index (χ1) is 6.50. The Bertz CT molecular complexity index is 147. The van der Waals surface area contributed by atoms with Crippen molar-refractivity contribution in [1.82, 2.24) is 0 Å². The predicted molar refractivity (Wildman–Crippen MR) is 64.6 cm³/mol. The molecule has 0 bridgehead atoms. The number of hydrogen-bond donors (Lipinski definition) is 0. The van der Waals surface area contributed by atoms with Crippen LogP contribution in [0.2, 0.25) is 5.32 Å². The molecule has 0 fully saturated rings. The second kappa shape index (κ2) is 10.1. The molecule has 4 heteroatoms. The van der Waals surface area contributed by atoms with Crippen LogP contribution in [0.25, 0.3) is 0 Å². The van der Waals surface area contributed by atoms with E-state index in [0.717, 1.165) is 48.9 Å². The second-order valence-corrected chi connectivity index (χ2v) is 28.6. The van der Waals surface area contributed by atoms with E-state index in [0.29, 0.717) is 0 Å². The quantitative estimate of drug-likeness (QED) is 0.505. The summed E-state index contributed by atoms with van der Waals surface area (Å²) in [6, 6.07) is 0. The first-order valence-corrected chi connectivity index (χ1v) is 19.6. The van der Waals surface area contributed by atoms with Crippen LogP contribution >= 0.6 is 0 Å². The monoisotopic (exact) mass is 442 g/mol. The number of hydrogen-bond acceptors (Lipinski definition) is 0. The van der Waals surface area contributed by atoms with E-state index in [-0.39, 0.29) is 0 Å². The standard InChI is InChI=1S/C9H14Se4/c1-2-4-6-8-10-12-13-11-9-7-5-3-1/h2,4,6,8H,1,3,5,7,9H2/b4-2+,8-6-. The Kier molecular flexibility index (Phi) is 9.80. The van der Waals surface area contributed by atoms with Crippen molar-refractivity contribution in [1.29, 1.82) is 0 Å². The third-order valence-corrected chi connectivity index (χ3v) is 38.5. The van der Waals surface area contributed by atoms with Gasteiger partial charge in [-0.25, -0.2) is 0 Å². The van der Waals surface area contributed by atoms with E-state index in [9.17, 15) is 0 Å². The van der Waals surface area contributed by atoms with Gasteiger partial charge < -0.3 is 0 Å². The van der Waals surface area contributed by atoms with Crippen molar-refractivity contribution >= 4 is 48.9 Å². The van der Waals surface area contributed by atoms with Gasteiger partial charge in [-0.1, -0.05) is 0 Å². The molecule has 0 aromatic rings. The fraction of sp³-hybridized carbons (Fsp3) is 0.556. The summed E-state index contributed by atoms with van der Waals surface area (Å²) in [5, 5.41) is 1.57. The fourth-order valence-corrected chi connectivity index (χ4v) is 37.8. The van der Waals surface area contributed by atoms with Gasteiger partial charge in [0.05, 0.1) is 0 Å². The van der Waals surface area contributed by atoms with E-state index in [1.54, 1.807) is 5.32 Å². The summed E-state index contributed by atoms with van der Waals surface area (Å²) >= 11 is 4.01. The van der Waals surface area contributed by atoms with E-state index in [1.807, 2.05) is 0 Å². The Morgan fingerprint density at radius 1 is 0.923 bits per heavy atom. The van der Waals surface area contributed by atoms with Gasteiger partial charge in [-0.05, 0) is 0 Å². The molecule has 1 aliphatic rings. The number of allylic oxidation sites excluding steroid dienone is 3. The van der Waals surface area contributed by atoms with E-state index in [2.05, 4.69) is 23.2 Å². The molecule has 0 saturated heterocycles. The first-order valence-electron chi connectivity index (χ1n) is 4.43. The van der Waals surface area contributed by atoms with E-state index in [4.69, 9.17) is 0 Å². The first kappa shape index (κ1) is 12.6. The van der Waals surface area contributed by atoms with Gasteiger partial charge in [-0.2, -0.15) is 0 Å². The second-order valence-electron chi connectivity index (χ2n) is 2.66. The molecule has 13 heavy (non-hydrogen) atoms. The summed E-state index contributed by atoms with van der Waals surface area (Å²) < 4.78 is 0. The van der Waals surface area contributed by atoms with Gasteiger partial charge in [0.1, 0.15) is 0 Å². The van der Waals surface area contributed by atoms with Crippen molar-refractivity contribution in [2.24, 2.45) is 0 Å². The zero-order valence-corrected chi connectivity index (χ0v) is 14.3. The zero-order chi connectivity index (χ0) is 9.19. The molecular formula is C9H14Se4. The molecule has 0 nitrogen and oxygen atoms in total. The molecule has 1 aliphatic heterocycles. The Labute approximate surface area is 102 Å². The molecule has 1 heterocycles. The average molecular weight is 438 g/mol. The van der Waals surface area contributed by atoms with E-state index >= 15 is 0 Å². The van der Waals surface area contributed by atoms with Gasteiger partial charge in [0, 0.05) is 0 Å². The van der Waals surface area contributed by atoms with Gasteiger partial charge in [0.25, 0.3) is 0 Å². The van der Waals surface area contributed by atoms with Crippen molar-refractivity contribution in [3.63, 3.8) is 0 Å². The Hall–Kier alpha value is 1.56. The van der Waals surface area contributed by atoms with Crippen molar-refractivity contribution in [2.45, 2.75) is 31.0 Å². The van der Waals surface area contributed by atoms with Crippen LogP contribution in [0.15, 0.2) is 23.2 Å². The van der Waals surface area contributed by atoms with Crippen LogP contribution in [0.4, 0.5) is 0 Å². The number of rotatable bonds is 0. The minimum atomic E-state index is 0.868. The summed E-state index contributed by atoms with van der Waals surface area (Å²) in [5.41, 5.74) is 0. The molecule has 1 rings (SSSR count). The minimum absolute atomic E-state index is 0.868. The Balaban J connectivity index is 2.18. The Morgan fingerprint density at radius 2 is 1.92 bits per heavy atom. The predicted octanol–water partition coefficient (Wildman–Crippen LogP) is 1.61. The van der Waals surface area contributed by atoms with Crippen LogP contribution in [0.3, 0.4) is 0 Å². The third-order valence-electron chi connectivity index (χ3n) is 1.59. The van der Waals surface area contributed by atoms with Crippen LogP contribution in [-0.2, 0) is 0 Å². The molecule has 0 aromatic heterocycles.